The Balaban J connectivity index is 1.74. The molecule has 2 amide bonds. The number of aromatic nitrogens is 2. The first kappa shape index (κ1) is 15.6. The van der Waals surface area contributed by atoms with Gasteiger partial charge in [-0.15, -0.1) is 0 Å². The number of hydrogen-bond donors (Lipinski definition) is 1. The maximum absolute atomic E-state index is 12.4. The van der Waals surface area contributed by atoms with E-state index < -0.39 is 0 Å². The zero-order valence-corrected chi connectivity index (χ0v) is 13.8. The van der Waals surface area contributed by atoms with Gasteiger partial charge in [-0.1, -0.05) is 12.1 Å². The largest absolute Gasteiger partial charge is 0.345 e. The van der Waals surface area contributed by atoms with Crippen molar-refractivity contribution in [2.45, 2.75) is 16.5 Å². The number of nitrogens with zero attached hydrogens (tertiary/aromatic N) is 3. The molecule has 1 aliphatic heterocycles. The van der Waals surface area contributed by atoms with Crippen LogP contribution in [0.5, 0.6) is 0 Å². The molecular weight excluding hydrogens is 312 g/mol. The lowest BCUT2D eigenvalue weighted by atomic mass is 10.1. The van der Waals surface area contributed by atoms with Crippen LogP contribution in [0.15, 0.2) is 46.7 Å². The van der Waals surface area contributed by atoms with Crippen molar-refractivity contribution in [1.82, 2.24) is 14.5 Å². The van der Waals surface area contributed by atoms with E-state index in [2.05, 4.69) is 10.3 Å². The lowest BCUT2D eigenvalue weighted by molar-refractivity contribution is -0.127. The molecule has 0 radical (unpaired) electrons. The Hall–Kier alpha value is -2.28. The van der Waals surface area contributed by atoms with Crippen LogP contribution in [-0.4, -0.2) is 39.9 Å². The highest BCUT2D eigenvalue weighted by Gasteiger charge is 2.32. The number of para-hydroxylation sites is 1. The normalized spacial score (nSPS) is 17.6. The van der Waals surface area contributed by atoms with Crippen molar-refractivity contribution in [2.24, 2.45) is 13.0 Å². The summed E-state index contributed by atoms with van der Waals surface area (Å²) in [5.41, 5.74) is 0.743. The zero-order chi connectivity index (χ0) is 16.4. The van der Waals surface area contributed by atoms with Gasteiger partial charge in [0.25, 0.3) is 0 Å². The molecule has 0 saturated carbocycles. The highest BCUT2D eigenvalue weighted by atomic mass is 32.2. The fourth-order valence-electron chi connectivity index (χ4n) is 2.48. The predicted octanol–water partition coefficient (Wildman–Crippen LogP) is 1.99. The van der Waals surface area contributed by atoms with Gasteiger partial charge in [0.1, 0.15) is 0 Å². The van der Waals surface area contributed by atoms with Crippen molar-refractivity contribution in [3.8, 4) is 0 Å². The number of anilines is 1. The first-order chi connectivity index (χ1) is 11.0. The third-order valence-corrected chi connectivity index (χ3v) is 4.99. The van der Waals surface area contributed by atoms with Gasteiger partial charge in [-0.2, -0.15) is 0 Å². The van der Waals surface area contributed by atoms with Gasteiger partial charge in [0.15, 0.2) is 5.16 Å². The lowest BCUT2D eigenvalue weighted by Crippen LogP contribution is -2.25. The molecule has 0 spiro atoms. The molecule has 3 rings (SSSR count). The Labute approximate surface area is 138 Å². The molecule has 1 N–H and O–H groups in total. The number of nitrogens with one attached hydrogen (secondary N) is 1. The number of carbonyl (C=O) groups excluding carboxylic acids is 2. The summed E-state index contributed by atoms with van der Waals surface area (Å²) in [6.07, 6.45) is 3.89. The summed E-state index contributed by atoms with van der Waals surface area (Å²) in [6.45, 7) is 0.472. The van der Waals surface area contributed by atoms with E-state index in [0.717, 1.165) is 15.7 Å². The molecule has 7 heteroatoms. The minimum absolute atomic E-state index is 0.0146. The maximum atomic E-state index is 12.4. The number of benzene rings is 1. The summed E-state index contributed by atoms with van der Waals surface area (Å²) in [4.78, 5) is 30.8. The van der Waals surface area contributed by atoms with E-state index in [1.54, 1.807) is 18.1 Å². The second-order valence-electron chi connectivity index (χ2n) is 5.58. The number of carbonyl (C=O) groups is 2. The van der Waals surface area contributed by atoms with E-state index in [9.17, 15) is 9.59 Å². The summed E-state index contributed by atoms with van der Waals surface area (Å²) in [7, 11) is 3.65. The SMILES string of the molecule is CN1CC(C(=O)Nc2ccccc2Sc2nccn2C)CC1=O. The van der Waals surface area contributed by atoms with Crippen LogP contribution in [0.1, 0.15) is 6.42 Å². The van der Waals surface area contributed by atoms with Crippen molar-refractivity contribution in [2.75, 3.05) is 18.9 Å². The Morgan fingerprint density at radius 1 is 1.35 bits per heavy atom. The first-order valence-corrected chi connectivity index (χ1v) is 8.15. The number of rotatable bonds is 4. The van der Waals surface area contributed by atoms with E-state index in [0.29, 0.717) is 6.54 Å². The van der Waals surface area contributed by atoms with Crippen LogP contribution in [0.4, 0.5) is 5.69 Å². The van der Waals surface area contributed by atoms with Crippen LogP contribution in [0.3, 0.4) is 0 Å². The highest BCUT2D eigenvalue weighted by Crippen LogP contribution is 2.32. The quantitative estimate of drug-likeness (QED) is 0.931. The van der Waals surface area contributed by atoms with Crippen LogP contribution >= 0.6 is 11.8 Å². The van der Waals surface area contributed by atoms with Gasteiger partial charge < -0.3 is 14.8 Å². The van der Waals surface area contributed by atoms with Crippen LogP contribution in [-0.2, 0) is 16.6 Å². The summed E-state index contributed by atoms with van der Waals surface area (Å²) >= 11 is 1.49. The number of amides is 2. The molecule has 1 aromatic carbocycles. The molecule has 1 aliphatic rings. The minimum atomic E-state index is -0.293. The minimum Gasteiger partial charge on any atom is -0.345 e. The summed E-state index contributed by atoms with van der Waals surface area (Å²) < 4.78 is 1.92. The summed E-state index contributed by atoms with van der Waals surface area (Å²) in [5.74, 6) is -0.393. The average molecular weight is 330 g/mol. The third kappa shape index (κ3) is 3.39. The molecule has 0 bridgehead atoms. The number of likely N-dealkylation sites (tertiary alicyclic amines) is 1. The van der Waals surface area contributed by atoms with Crippen molar-refractivity contribution in [1.29, 1.82) is 0 Å². The fourth-order valence-corrected chi connectivity index (χ4v) is 3.37. The molecule has 1 unspecified atom stereocenters. The predicted molar refractivity (Wildman–Crippen MR) is 88.1 cm³/mol. The molecule has 2 heterocycles. The zero-order valence-electron chi connectivity index (χ0n) is 13.0. The van der Waals surface area contributed by atoms with Gasteiger partial charge in [0.05, 0.1) is 11.6 Å². The summed E-state index contributed by atoms with van der Waals surface area (Å²) in [6, 6.07) is 7.61. The lowest BCUT2D eigenvalue weighted by Gasteiger charge is -2.13. The smallest absolute Gasteiger partial charge is 0.229 e. The molecule has 1 aromatic heterocycles. The average Bonchev–Trinajstić information content (AvgIpc) is 3.08. The molecule has 0 aliphatic carbocycles. The van der Waals surface area contributed by atoms with Crippen molar-refractivity contribution < 1.29 is 9.59 Å². The third-order valence-electron chi connectivity index (χ3n) is 3.83. The first-order valence-electron chi connectivity index (χ1n) is 7.33. The second kappa shape index (κ2) is 6.45. The topological polar surface area (TPSA) is 67.2 Å². The number of imidazole rings is 1. The molecule has 1 saturated heterocycles. The summed E-state index contributed by atoms with van der Waals surface area (Å²) in [5, 5.41) is 3.80. The molecule has 6 nitrogen and oxygen atoms in total. The molecule has 23 heavy (non-hydrogen) atoms. The number of aryl methyl sites for hydroxylation is 1. The molecule has 2 aromatic rings. The van der Waals surface area contributed by atoms with Gasteiger partial charge in [0, 0.05) is 44.4 Å². The van der Waals surface area contributed by atoms with Gasteiger partial charge in [-0.25, -0.2) is 4.98 Å². The van der Waals surface area contributed by atoms with Gasteiger partial charge in [-0.3, -0.25) is 9.59 Å². The van der Waals surface area contributed by atoms with E-state index in [4.69, 9.17) is 0 Å². The van der Waals surface area contributed by atoms with E-state index in [-0.39, 0.29) is 24.2 Å². The van der Waals surface area contributed by atoms with Crippen LogP contribution in [0.25, 0.3) is 0 Å². The van der Waals surface area contributed by atoms with Gasteiger partial charge in [0.2, 0.25) is 11.8 Å². The van der Waals surface area contributed by atoms with Crippen LogP contribution < -0.4 is 5.32 Å². The Kier molecular flexibility index (Phi) is 4.38. The van der Waals surface area contributed by atoms with Crippen LogP contribution in [0.2, 0.25) is 0 Å². The van der Waals surface area contributed by atoms with Gasteiger partial charge >= 0.3 is 0 Å². The van der Waals surface area contributed by atoms with Gasteiger partial charge in [-0.05, 0) is 23.9 Å². The van der Waals surface area contributed by atoms with Crippen molar-refractivity contribution in [3.63, 3.8) is 0 Å². The standard InChI is InChI=1S/C16H18N4O2S/c1-19-8-7-17-16(19)23-13-6-4-3-5-12(13)18-15(22)11-9-14(21)20(2)10-11/h3-8,11H,9-10H2,1-2H3,(H,18,22). The number of hydrogen-bond acceptors (Lipinski definition) is 4. The maximum Gasteiger partial charge on any atom is 0.229 e. The Morgan fingerprint density at radius 3 is 2.78 bits per heavy atom. The molecular formula is C16H18N4O2S. The van der Waals surface area contributed by atoms with Crippen LogP contribution in [0, 0.1) is 5.92 Å². The Bertz CT molecular complexity index is 743. The van der Waals surface area contributed by atoms with E-state index >= 15 is 0 Å². The second-order valence-corrected chi connectivity index (χ2v) is 6.59. The highest BCUT2D eigenvalue weighted by molar-refractivity contribution is 7.99. The van der Waals surface area contributed by atoms with Crippen molar-refractivity contribution in [3.05, 3.63) is 36.7 Å². The monoisotopic (exact) mass is 330 g/mol. The molecule has 1 atom stereocenters. The Morgan fingerprint density at radius 2 is 2.13 bits per heavy atom. The van der Waals surface area contributed by atoms with E-state index in [1.807, 2.05) is 42.1 Å². The molecule has 120 valence electrons. The fraction of sp³-hybridized carbons (Fsp3) is 0.312. The van der Waals surface area contributed by atoms with Crippen molar-refractivity contribution >= 4 is 29.3 Å². The van der Waals surface area contributed by atoms with E-state index in [1.165, 1.54) is 11.8 Å². The molecule has 1 fully saturated rings.